The van der Waals surface area contributed by atoms with Gasteiger partial charge in [-0.2, -0.15) is 0 Å². The Balaban J connectivity index is 0.000000196. The van der Waals surface area contributed by atoms with E-state index in [-0.39, 0.29) is 5.75 Å². The maximum Gasteiger partial charge on any atom is 0.154 e. The van der Waals surface area contributed by atoms with Crippen LogP contribution in [0.2, 0.25) is 5.02 Å². The van der Waals surface area contributed by atoms with E-state index in [2.05, 4.69) is 15.9 Å². The molecule has 0 heterocycles. The van der Waals surface area contributed by atoms with Gasteiger partial charge in [0, 0.05) is 15.1 Å². The zero-order valence-electron chi connectivity index (χ0n) is 13.0. The number of phenols is 1. The molecule has 0 atom stereocenters. The number of halogens is 2. The van der Waals surface area contributed by atoms with Crippen molar-refractivity contribution in [2.24, 2.45) is 0 Å². The molecular formula is C20H14BrClO3. The zero-order valence-corrected chi connectivity index (χ0v) is 15.4. The van der Waals surface area contributed by atoms with Gasteiger partial charge in [0.1, 0.15) is 5.75 Å². The highest BCUT2D eigenvalue weighted by molar-refractivity contribution is 9.10. The summed E-state index contributed by atoms with van der Waals surface area (Å²) in [6.07, 6.45) is 1.48. The van der Waals surface area contributed by atoms with Crippen molar-refractivity contribution in [1.29, 1.82) is 0 Å². The van der Waals surface area contributed by atoms with E-state index in [1.807, 2.05) is 42.5 Å². The van der Waals surface area contributed by atoms with Crippen LogP contribution in [-0.2, 0) is 0 Å². The second-order valence-corrected chi connectivity index (χ2v) is 6.29. The minimum Gasteiger partial charge on any atom is -0.507 e. The third-order valence-electron chi connectivity index (χ3n) is 3.39. The van der Waals surface area contributed by atoms with Crippen molar-refractivity contribution in [2.45, 2.75) is 0 Å². The molecule has 126 valence electrons. The predicted molar refractivity (Wildman–Crippen MR) is 103 cm³/mol. The molecule has 0 aliphatic carbocycles. The first kappa shape index (κ1) is 18.9. The number of hydrogen-bond donors (Lipinski definition) is 1. The molecule has 1 N–H and O–H groups in total. The van der Waals surface area contributed by atoms with Crippen LogP contribution in [0.15, 0.2) is 71.2 Å². The summed E-state index contributed by atoms with van der Waals surface area (Å²) in [4.78, 5) is 21.1. The largest absolute Gasteiger partial charge is 0.507 e. The Morgan fingerprint density at radius 3 is 2.08 bits per heavy atom. The van der Waals surface area contributed by atoms with E-state index in [0.717, 1.165) is 17.4 Å². The van der Waals surface area contributed by atoms with Gasteiger partial charge in [-0.25, -0.2) is 0 Å². The number of benzene rings is 3. The second kappa shape index (κ2) is 9.16. The number of aldehydes is 2. The molecule has 0 saturated heterocycles. The summed E-state index contributed by atoms with van der Waals surface area (Å²) in [7, 11) is 0. The normalized spacial score (nSPS) is 9.68. The maximum absolute atomic E-state index is 10.8. The summed E-state index contributed by atoms with van der Waals surface area (Å²) in [5.41, 5.74) is 2.92. The molecular weight excluding hydrogens is 404 g/mol. The molecule has 0 bridgehead atoms. The van der Waals surface area contributed by atoms with Gasteiger partial charge >= 0.3 is 0 Å². The Morgan fingerprint density at radius 1 is 0.840 bits per heavy atom. The van der Waals surface area contributed by atoms with Gasteiger partial charge in [0.2, 0.25) is 0 Å². The number of aromatic hydroxyl groups is 1. The van der Waals surface area contributed by atoms with Crippen LogP contribution in [0.3, 0.4) is 0 Å². The van der Waals surface area contributed by atoms with Crippen molar-refractivity contribution < 1.29 is 14.7 Å². The molecule has 0 radical (unpaired) electrons. The van der Waals surface area contributed by atoms with Crippen molar-refractivity contribution in [3.8, 4) is 16.9 Å². The Bertz CT molecular complexity index is 856. The van der Waals surface area contributed by atoms with Gasteiger partial charge in [0.15, 0.2) is 12.6 Å². The monoisotopic (exact) mass is 416 g/mol. The summed E-state index contributed by atoms with van der Waals surface area (Å²) >= 11 is 8.92. The SMILES string of the molecule is O=Cc1c(O)cccc1Br.O=Cc1ccccc1-c1ccc(Cl)cc1. The van der Waals surface area contributed by atoms with E-state index < -0.39 is 0 Å². The van der Waals surface area contributed by atoms with Gasteiger partial charge in [-0.15, -0.1) is 0 Å². The molecule has 3 rings (SSSR count). The predicted octanol–water partition coefficient (Wildman–Crippen LogP) is 5.79. The van der Waals surface area contributed by atoms with Gasteiger partial charge in [-0.1, -0.05) is 54.1 Å². The lowest BCUT2D eigenvalue weighted by Gasteiger charge is -2.04. The van der Waals surface area contributed by atoms with Crippen LogP contribution in [0.5, 0.6) is 5.75 Å². The zero-order chi connectivity index (χ0) is 18.2. The first-order chi connectivity index (χ1) is 12.1. The fourth-order valence-electron chi connectivity index (χ4n) is 2.13. The van der Waals surface area contributed by atoms with Crippen LogP contribution >= 0.6 is 27.5 Å². The molecule has 3 nitrogen and oxygen atoms in total. The second-order valence-electron chi connectivity index (χ2n) is 5.00. The molecule has 3 aromatic carbocycles. The summed E-state index contributed by atoms with van der Waals surface area (Å²) in [5, 5.41) is 9.73. The molecule has 0 aliphatic rings. The number of phenolic OH excluding ortho intramolecular Hbond substituents is 1. The number of carbonyl (C=O) groups is 2. The van der Waals surface area contributed by atoms with E-state index in [9.17, 15) is 9.59 Å². The molecule has 0 saturated carbocycles. The molecule has 0 spiro atoms. The molecule has 0 amide bonds. The van der Waals surface area contributed by atoms with Crippen LogP contribution in [-0.4, -0.2) is 17.7 Å². The standard InChI is InChI=1S/C13H9ClO.C7H5BrO2/c14-12-7-5-10(6-8-12)13-4-2-1-3-11(13)9-15;8-6-2-1-3-7(10)5(6)4-9/h1-9H;1-4,10H. The smallest absolute Gasteiger partial charge is 0.154 e. The summed E-state index contributed by atoms with van der Waals surface area (Å²) in [5.74, 6) is 0.00405. The van der Waals surface area contributed by atoms with Crippen molar-refractivity contribution in [3.63, 3.8) is 0 Å². The Morgan fingerprint density at radius 2 is 1.52 bits per heavy atom. The number of carbonyl (C=O) groups excluding carboxylic acids is 2. The Hall–Kier alpha value is -2.43. The lowest BCUT2D eigenvalue weighted by molar-refractivity contribution is 0.111. The summed E-state index contributed by atoms with van der Waals surface area (Å²) < 4.78 is 0.613. The quantitative estimate of drug-likeness (QED) is 0.549. The molecule has 3 aromatic rings. The Labute approximate surface area is 159 Å². The van der Waals surface area contributed by atoms with E-state index >= 15 is 0 Å². The maximum atomic E-state index is 10.8. The topological polar surface area (TPSA) is 54.4 Å². The average molecular weight is 418 g/mol. The van der Waals surface area contributed by atoms with Gasteiger partial charge in [0.05, 0.1) is 5.56 Å². The van der Waals surface area contributed by atoms with Crippen molar-refractivity contribution >= 4 is 40.1 Å². The van der Waals surface area contributed by atoms with Crippen LogP contribution in [0, 0.1) is 0 Å². The van der Waals surface area contributed by atoms with Gasteiger partial charge in [-0.05, 0) is 51.3 Å². The minimum atomic E-state index is 0.00405. The molecule has 0 fully saturated rings. The third kappa shape index (κ3) is 5.02. The number of rotatable bonds is 3. The first-order valence-electron chi connectivity index (χ1n) is 7.29. The summed E-state index contributed by atoms with van der Waals surface area (Å²) in [6, 6.07) is 19.8. The highest BCUT2D eigenvalue weighted by Crippen LogP contribution is 2.24. The molecule has 25 heavy (non-hydrogen) atoms. The van der Waals surface area contributed by atoms with E-state index in [1.54, 1.807) is 18.2 Å². The van der Waals surface area contributed by atoms with Gasteiger partial charge in [0.25, 0.3) is 0 Å². The van der Waals surface area contributed by atoms with Crippen molar-refractivity contribution in [2.75, 3.05) is 0 Å². The van der Waals surface area contributed by atoms with E-state index in [4.69, 9.17) is 16.7 Å². The average Bonchev–Trinajstić information content (AvgIpc) is 2.63. The highest BCUT2D eigenvalue weighted by atomic mass is 79.9. The lowest BCUT2D eigenvalue weighted by atomic mass is 10.0. The Kier molecular flexibility index (Phi) is 6.92. The van der Waals surface area contributed by atoms with Crippen LogP contribution in [0.4, 0.5) is 0 Å². The van der Waals surface area contributed by atoms with Crippen LogP contribution < -0.4 is 0 Å². The number of hydrogen-bond acceptors (Lipinski definition) is 3. The lowest BCUT2D eigenvalue weighted by Crippen LogP contribution is -1.86. The minimum absolute atomic E-state index is 0.00405. The fraction of sp³-hybridized carbons (Fsp3) is 0. The van der Waals surface area contributed by atoms with Crippen molar-refractivity contribution in [1.82, 2.24) is 0 Å². The first-order valence-corrected chi connectivity index (χ1v) is 8.46. The van der Waals surface area contributed by atoms with Crippen LogP contribution in [0.25, 0.3) is 11.1 Å². The molecule has 0 aliphatic heterocycles. The third-order valence-corrected chi connectivity index (χ3v) is 4.33. The van der Waals surface area contributed by atoms with Gasteiger partial charge < -0.3 is 5.11 Å². The van der Waals surface area contributed by atoms with E-state index in [1.165, 1.54) is 6.07 Å². The highest BCUT2D eigenvalue weighted by Gasteiger charge is 2.03. The molecule has 5 heteroatoms. The molecule has 0 aromatic heterocycles. The fourth-order valence-corrected chi connectivity index (χ4v) is 2.71. The van der Waals surface area contributed by atoms with Gasteiger partial charge in [-0.3, -0.25) is 9.59 Å². The van der Waals surface area contributed by atoms with E-state index in [0.29, 0.717) is 26.9 Å². The molecule has 0 unspecified atom stereocenters. The van der Waals surface area contributed by atoms with Crippen molar-refractivity contribution in [3.05, 3.63) is 87.4 Å². The van der Waals surface area contributed by atoms with Crippen LogP contribution in [0.1, 0.15) is 20.7 Å². The summed E-state index contributed by atoms with van der Waals surface area (Å²) in [6.45, 7) is 0.